The number of ether oxygens (including phenoxy) is 1. The summed E-state index contributed by atoms with van der Waals surface area (Å²) in [5.74, 6) is 0.532. The molecule has 2 heterocycles. The molecule has 0 spiro atoms. The van der Waals surface area contributed by atoms with Gasteiger partial charge in [-0.05, 0) is 30.7 Å². The predicted molar refractivity (Wildman–Crippen MR) is 103 cm³/mol. The van der Waals surface area contributed by atoms with Crippen molar-refractivity contribution in [3.8, 4) is 11.4 Å². The molecule has 26 heavy (non-hydrogen) atoms. The lowest BCUT2D eigenvalue weighted by molar-refractivity contribution is -0.120. The van der Waals surface area contributed by atoms with Crippen LogP contribution in [0.25, 0.3) is 22.6 Å². The summed E-state index contributed by atoms with van der Waals surface area (Å²) >= 11 is 0. The highest BCUT2D eigenvalue weighted by Gasteiger charge is 2.08. The van der Waals surface area contributed by atoms with Gasteiger partial charge in [0.2, 0.25) is 5.91 Å². The Labute approximate surface area is 152 Å². The molecule has 0 aliphatic rings. The lowest BCUT2D eigenvalue weighted by atomic mass is 10.2. The van der Waals surface area contributed by atoms with E-state index in [0.29, 0.717) is 23.8 Å². The van der Waals surface area contributed by atoms with E-state index in [9.17, 15) is 4.79 Å². The Hall–Kier alpha value is -2.99. The van der Waals surface area contributed by atoms with Crippen molar-refractivity contribution in [2.45, 2.75) is 19.8 Å². The molecule has 134 valence electrons. The van der Waals surface area contributed by atoms with E-state index in [1.807, 2.05) is 42.5 Å². The summed E-state index contributed by atoms with van der Waals surface area (Å²) in [5.41, 5.74) is 3.12. The zero-order valence-corrected chi connectivity index (χ0v) is 14.7. The third-order valence-electron chi connectivity index (χ3n) is 3.75. The quantitative estimate of drug-likeness (QED) is 0.476. The fourth-order valence-corrected chi connectivity index (χ4v) is 2.50. The molecule has 0 aliphatic heterocycles. The number of unbranched alkanes of at least 4 members (excludes halogenated alkanes) is 1. The van der Waals surface area contributed by atoms with Crippen LogP contribution in [0.2, 0.25) is 0 Å². The number of carbonyl (C=O) groups excluding carboxylic acids is 1. The van der Waals surface area contributed by atoms with Crippen LogP contribution < -0.4 is 5.32 Å². The molecule has 0 fully saturated rings. The largest absolute Gasteiger partial charge is 0.368 e. The maximum Gasteiger partial charge on any atom is 0.250 e. The summed E-state index contributed by atoms with van der Waals surface area (Å²) in [7, 11) is 0. The molecule has 0 aliphatic carbocycles. The van der Waals surface area contributed by atoms with Crippen LogP contribution in [0.15, 0.2) is 54.7 Å². The van der Waals surface area contributed by atoms with Crippen LogP contribution in [-0.4, -0.2) is 34.1 Å². The van der Waals surface area contributed by atoms with E-state index in [1.165, 1.54) is 0 Å². The minimum absolute atomic E-state index is 0.0231. The van der Waals surface area contributed by atoms with Gasteiger partial charge in [-0.25, -0.2) is 9.97 Å². The Kier molecular flexibility index (Phi) is 6.11. The lowest BCUT2D eigenvalue weighted by Crippen LogP contribution is -2.18. The number of nitrogens with one attached hydrogen (secondary N) is 2. The molecular weight excluding hydrogens is 328 g/mol. The summed E-state index contributed by atoms with van der Waals surface area (Å²) in [4.78, 5) is 23.9. The third kappa shape index (κ3) is 4.77. The van der Waals surface area contributed by atoms with Crippen molar-refractivity contribution in [2.24, 2.45) is 0 Å². The number of fused-ring (bicyclic) bond motifs is 1. The molecule has 2 aromatic heterocycles. The number of anilines is 1. The van der Waals surface area contributed by atoms with Crippen LogP contribution in [0.4, 0.5) is 5.69 Å². The number of imidazole rings is 1. The van der Waals surface area contributed by atoms with Gasteiger partial charge in [0.1, 0.15) is 12.4 Å². The number of pyridine rings is 1. The van der Waals surface area contributed by atoms with Crippen molar-refractivity contribution in [2.75, 3.05) is 18.5 Å². The standard InChI is InChI=1S/C20H22N4O2/c1-2-3-4-5-12-26-14-18(25)22-16-9-6-8-15(13-16)19-23-17-10-7-11-21-20(17)24-19/h4-11,13H,2-3,12,14H2,1H3,(H,22,25)(H,21,23,24)/b5-4+. The number of aromatic amines is 1. The van der Waals surface area contributed by atoms with Gasteiger partial charge >= 0.3 is 0 Å². The minimum Gasteiger partial charge on any atom is -0.368 e. The summed E-state index contributed by atoms with van der Waals surface area (Å²) < 4.78 is 5.34. The van der Waals surface area contributed by atoms with Gasteiger partial charge in [-0.15, -0.1) is 0 Å². The smallest absolute Gasteiger partial charge is 0.250 e. The Morgan fingerprint density at radius 2 is 2.19 bits per heavy atom. The van der Waals surface area contributed by atoms with Crippen molar-refractivity contribution in [3.05, 3.63) is 54.7 Å². The first-order valence-electron chi connectivity index (χ1n) is 8.70. The molecule has 0 atom stereocenters. The molecule has 0 saturated carbocycles. The van der Waals surface area contributed by atoms with E-state index >= 15 is 0 Å². The van der Waals surface area contributed by atoms with Gasteiger partial charge in [0.05, 0.1) is 12.1 Å². The Morgan fingerprint density at radius 1 is 1.27 bits per heavy atom. The number of benzene rings is 1. The summed E-state index contributed by atoms with van der Waals surface area (Å²) in [6.07, 6.45) is 7.84. The van der Waals surface area contributed by atoms with Crippen LogP contribution in [0.5, 0.6) is 0 Å². The van der Waals surface area contributed by atoms with E-state index in [4.69, 9.17) is 4.74 Å². The van der Waals surface area contributed by atoms with Gasteiger partial charge in [-0.2, -0.15) is 0 Å². The van der Waals surface area contributed by atoms with Crippen LogP contribution in [0, 0.1) is 0 Å². The van der Waals surface area contributed by atoms with Crippen LogP contribution in [0.3, 0.4) is 0 Å². The second kappa shape index (κ2) is 8.92. The molecule has 2 N–H and O–H groups in total. The number of hydrogen-bond donors (Lipinski definition) is 2. The van der Waals surface area contributed by atoms with Crippen molar-refractivity contribution < 1.29 is 9.53 Å². The maximum atomic E-state index is 12.0. The van der Waals surface area contributed by atoms with E-state index in [0.717, 1.165) is 23.9 Å². The highest BCUT2D eigenvalue weighted by atomic mass is 16.5. The first-order chi connectivity index (χ1) is 12.8. The van der Waals surface area contributed by atoms with Gasteiger partial charge in [0.15, 0.2) is 5.65 Å². The normalized spacial score (nSPS) is 11.3. The SMILES string of the molecule is CCC/C=C/COCC(=O)Nc1cccc(-c2nc3ncccc3[nH]2)c1. The summed E-state index contributed by atoms with van der Waals surface area (Å²) in [6.45, 7) is 2.59. The fraction of sp³-hybridized carbons (Fsp3) is 0.250. The summed E-state index contributed by atoms with van der Waals surface area (Å²) in [6, 6.07) is 11.3. The van der Waals surface area contributed by atoms with Crippen molar-refractivity contribution in [1.29, 1.82) is 0 Å². The molecule has 0 unspecified atom stereocenters. The number of aromatic nitrogens is 3. The number of hydrogen-bond acceptors (Lipinski definition) is 4. The molecule has 1 aromatic carbocycles. The molecule has 0 saturated heterocycles. The van der Waals surface area contributed by atoms with Gasteiger partial charge in [-0.1, -0.05) is 37.6 Å². The van der Waals surface area contributed by atoms with Gasteiger partial charge in [-0.3, -0.25) is 4.79 Å². The summed E-state index contributed by atoms with van der Waals surface area (Å²) in [5, 5.41) is 2.84. The van der Waals surface area contributed by atoms with E-state index in [2.05, 4.69) is 33.3 Å². The fourth-order valence-electron chi connectivity index (χ4n) is 2.50. The van der Waals surface area contributed by atoms with Gasteiger partial charge in [0, 0.05) is 17.4 Å². The van der Waals surface area contributed by atoms with Crippen LogP contribution in [-0.2, 0) is 9.53 Å². The molecule has 0 radical (unpaired) electrons. The highest BCUT2D eigenvalue weighted by molar-refractivity contribution is 5.92. The van der Waals surface area contributed by atoms with Crippen LogP contribution >= 0.6 is 0 Å². The maximum absolute atomic E-state index is 12.0. The van der Waals surface area contributed by atoms with Gasteiger partial charge in [0.25, 0.3) is 0 Å². The molecule has 0 bridgehead atoms. The van der Waals surface area contributed by atoms with E-state index < -0.39 is 0 Å². The minimum atomic E-state index is -0.183. The van der Waals surface area contributed by atoms with E-state index in [-0.39, 0.29) is 12.5 Å². The van der Waals surface area contributed by atoms with Crippen LogP contribution in [0.1, 0.15) is 19.8 Å². The average Bonchev–Trinajstić information content (AvgIpc) is 3.09. The first-order valence-corrected chi connectivity index (χ1v) is 8.70. The average molecular weight is 350 g/mol. The Bertz CT molecular complexity index is 868. The number of allylic oxidation sites excluding steroid dienone is 1. The molecular formula is C20H22N4O2. The Morgan fingerprint density at radius 3 is 3.04 bits per heavy atom. The number of nitrogens with zero attached hydrogens (tertiary/aromatic N) is 2. The number of rotatable bonds is 8. The highest BCUT2D eigenvalue weighted by Crippen LogP contribution is 2.22. The first kappa shape index (κ1) is 17.8. The Balaban J connectivity index is 1.59. The second-order valence-electron chi connectivity index (χ2n) is 5.86. The van der Waals surface area contributed by atoms with Gasteiger partial charge < -0.3 is 15.0 Å². The zero-order valence-electron chi connectivity index (χ0n) is 14.7. The lowest BCUT2D eigenvalue weighted by Gasteiger charge is -2.06. The molecule has 6 nitrogen and oxygen atoms in total. The topological polar surface area (TPSA) is 79.9 Å². The van der Waals surface area contributed by atoms with Crippen molar-refractivity contribution in [1.82, 2.24) is 15.0 Å². The predicted octanol–water partition coefficient (Wildman–Crippen LogP) is 3.94. The van der Waals surface area contributed by atoms with Crippen molar-refractivity contribution >= 4 is 22.8 Å². The number of H-pyrrole nitrogens is 1. The number of amides is 1. The van der Waals surface area contributed by atoms with Crippen molar-refractivity contribution in [3.63, 3.8) is 0 Å². The zero-order chi connectivity index (χ0) is 18.2. The monoisotopic (exact) mass is 350 g/mol. The molecule has 1 amide bonds. The third-order valence-corrected chi connectivity index (χ3v) is 3.75. The molecule has 6 heteroatoms. The second-order valence-corrected chi connectivity index (χ2v) is 5.86. The van der Waals surface area contributed by atoms with E-state index in [1.54, 1.807) is 6.20 Å². The molecule has 3 aromatic rings. The molecule has 3 rings (SSSR count). The number of carbonyl (C=O) groups is 1.